The number of carbonyl (C=O) groups is 2. The van der Waals surface area contributed by atoms with Crippen molar-refractivity contribution >= 4 is 21.8 Å². The molecule has 8 heteroatoms. The second kappa shape index (κ2) is 10.9. The smallest absolute Gasteiger partial charge is 0.254 e. The van der Waals surface area contributed by atoms with Gasteiger partial charge in [-0.2, -0.15) is 0 Å². The fourth-order valence-electron chi connectivity index (χ4n) is 5.40. The molecule has 1 aliphatic heterocycles. The van der Waals surface area contributed by atoms with Crippen LogP contribution in [0.15, 0.2) is 54.6 Å². The number of fused-ring (bicyclic) bond motifs is 1. The molecule has 35 heavy (non-hydrogen) atoms. The third-order valence-corrected chi connectivity index (χ3v) is 8.45. The van der Waals surface area contributed by atoms with E-state index in [1.807, 2.05) is 47.4 Å². The highest BCUT2D eigenvalue weighted by atomic mass is 32.2. The van der Waals surface area contributed by atoms with E-state index in [1.54, 1.807) is 26.0 Å². The van der Waals surface area contributed by atoms with Crippen LogP contribution in [-0.4, -0.2) is 43.3 Å². The van der Waals surface area contributed by atoms with E-state index in [0.717, 1.165) is 31.2 Å². The summed E-state index contributed by atoms with van der Waals surface area (Å²) >= 11 is 0. The fraction of sp³-hybridized carbons (Fsp3) is 0.481. The molecule has 2 amide bonds. The zero-order valence-corrected chi connectivity index (χ0v) is 21.3. The van der Waals surface area contributed by atoms with Crippen molar-refractivity contribution in [3.8, 4) is 0 Å². The summed E-state index contributed by atoms with van der Waals surface area (Å²) < 4.78 is 26.9. The number of nitrogens with zero attached hydrogens (tertiary/aromatic N) is 1. The minimum atomic E-state index is -3.39. The zero-order chi connectivity index (χ0) is 25.0. The van der Waals surface area contributed by atoms with E-state index in [9.17, 15) is 18.0 Å². The monoisotopic (exact) mass is 497 g/mol. The largest absolute Gasteiger partial charge is 0.350 e. The van der Waals surface area contributed by atoms with Crippen molar-refractivity contribution in [2.24, 2.45) is 5.92 Å². The molecule has 4 rings (SSSR count). The van der Waals surface area contributed by atoms with Gasteiger partial charge in [-0.25, -0.2) is 13.1 Å². The van der Waals surface area contributed by atoms with Crippen LogP contribution >= 0.6 is 0 Å². The summed E-state index contributed by atoms with van der Waals surface area (Å²) in [7, 11) is -3.39. The van der Waals surface area contributed by atoms with Crippen LogP contribution in [0.3, 0.4) is 0 Å². The maximum atomic E-state index is 13.4. The molecule has 0 spiro atoms. The Bertz CT molecular complexity index is 1130. The second-order valence-electron chi connectivity index (χ2n) is 10.0. The predicted octanol–water partition coefficient (Wildman–Crippen LogP) is 3.60. The normalized spacial score (nSPS) is 22.1. The lowest BCUT2D eigenvalue weighted by atomic mass is 9.84. The van der Waals surface area contributed by atoms with Crippen LogP contribution in [0.5, 0.6) is 0 Å². The summed E-state index contributed by atoms with van der Waals surface area (Å²) in [6, 6.07) is 15.9. The Kier molecular flexibility index (Phi) is 7.91. The number of hydrogen-bond donors (Lipinski definition) is 2. The molecule has 2 N–H and O–H groups in total. The van der Waals surface area contributed by atoms with Gasteiger partial charge in [0.25, 0.3) is 5.91 Å². The quantitative estimate of drug-likeness (QED) is 0.583. The molecule has 2 aliphatic rings. The van der Waals surface area contributed by atoms with Gasteiger partial charge >= 0.3 is 0 Å². The van der Waals surface area contributed by atoms with E-state index in [0.29, 0.717) is 30.0 Å². The topological polar surface area (TPSA) is 95.6 Å². The van der Waals surface area contributed by atoms with Gasteiger partial charge in [-0.15, -0.1) is 0 Å². The lowest BCUT2D eigenvalue weighted by molar-refractivity contribution is -0.125. The Balaban J connectivity index is 1.41. The SMILES string of the molecule is CC(C)NS(=O)(=O)Cc1ccc(CNC(=O)C2CC3CCCCC3N2C(=O)c2ccccc2)cc1. The van der Waals surface area contributed by atoms with Crippen molar-refractivity contribution in [3.63, 3.8) is 0 Å². The van der Waals surface area contributed by atoms with Gasteiger partial charge in [-0.3, -0.25) is 9.59 Å². The van der Waals surface area contributed by atoms with Crippen LogP contribution in [0.1, 0.15) is 67.4 Å². The molecular weight excluding hydrogens is 462 g/mol. The van der Waals surface area contributed by atoms with E-state index in [1.165, 1.54) is 0 Å². The predicted molar refractivity (Wildman–Crippen MR) is 136 cm³/mol. The van der Waals surface area contributed by atoms with Crippen LogP contribution < -0.4 is 10.0 Å². The Morgan fingerprint density at radius 3 is 2.31 bits per heavy atom. The molecule has 1 saturated heterocycles. The maximum Gasteiger partial charge on any atom is 0.254 e. The van der Waals surface area contributed by atoms with Crippen LogP contribution in [0.2, 0.25) is 0 Å². The molecule has 1 saturated carbocycles. The summed E-state index contributed by atoms with van der Waals surface area (Å²) in [6.45, 7) is 3.91. The van der Waals surface area contributed by atoms with Crippen molar-refractivity contribution in [2.45, 2.75) is 76.4 Å². The average Bonchev–Trinajstić information content (AvgIpc) is 3.22. The number of amides is 2. The zero-order valence-electron chi connectivity index (χ0n) is 20.4. The number of carbonyl (C=O) groups excluding carboxylic acids is 2. The highest BCUT2D eigenvalue weighted by Crippen LogP contribution is 2.40. The number of rotatable bonds is 8. The first-order valence-corrected chi connectivity index (χ1v) is 14.1. The standard InChI is InChI=1S/C27H35N3O4S/c1-19(2)29-35(33,34)18-21-14-12-20(13-15-21)17-28-26(31)25-16-23-10-6-7-11-24(23)30(25)27(32)22-8-4-3-5-9-22/h3-5,8-9,12-15,19,23-25,29H,6-7,10-11,16-18H2,1-2H3,(H,28,31). The molecular formula is C27H35N3O4S. The van der Waals surface area contributed by atoms with E-state index < -0.39 is 16.1 Å². The van der Waals surface area contributed by atoms with E-state index >= 15 is 0 Å². The second-order valence-corrected chi connectivity index (χ2v) is 11.8. The van der Waals surface area contributed by atoms with Crippen molar-refractivity contribution in [1.82, 2.24) is 14.9 Å². The molecule has 1 aliphatic carbocycles. The van der Waals surface area contributed by atoms with E-state index in [4.69, 9.17) is 0 Å². The number of benzene rings is 2. The summed E-state index contributed by atoms with van der Waals surface area (Å²) in [4.78, 5) is 28.5. The number of hydrogen-bond acceptors (Lipinski definition) is 4. The van der Waals surface area contributed by atoms with Crippen LogP contribution in [0.25, 0.3) is 0 Å². The molecule has 0 radical (unpaired) electrons. The van der Waals surface area contributed by atoms with Gasteiger partial charge in [-0.05, 0) is 62.3 Å². The first-order valence-electron chi connectivity index (χ1n) is 12.5. The van der Waals surface area contributed by atoms with E-state index in [-0.39, 0.29) is 29.7 Å². The maximum absolute atomic E-state index is 13.4. The van der Waals surface area contributed by atoms with Gasteiger partial charge in [0.2, 0.25) is 15.9 Å². The minimum absolute atomic E-state index is 0.0688. The third kappa shape index (κ3) is 6.30. The average molecular weight is 498 g/mol. The Morgan fingerprint density at radius 1 is 0.971 bits per heavy atom. The molecule has 1 heterocycles. The number of nitrogens with one attached hydrogen (secondary N) is 2. The van der Waals surface area contributed by atoms with Crippen LogP contribution in [0, 0.1) is 5.92 Å². The fourth-order valence-corrected chi connectivity index (χ4v) is 6.83. The van der Waals surface area contributed by atoms with Crippen molar-refractivity contribution in [1.29, 1.82) is 0 Å². The molecule has 2 aromatic carbocycles. The van der Waals surface area contributed by atoms with Crippen molar-refractivity contribution in [2.75, 3.05) is 0 Å². The first kappa shape index (κ1) is 25.4. The van der Waals surface area contributed by atoms with Gasteiger partial charge in [-0.1, -0.05) is 55.3 Å². The lowest BCUT2D eigenvalue weighted by Gasteiger charge is -2.33. The highest BCUT2D eigenvalue weighted by Gasteiger charge is 2.47. The lowest BCUT2D eigenvalue weighted by Crippen LogP contribution is -2.49. The molecule has 2 fully saturated rings. The van der Waals surface area contributed by atoms with Crippen LogP contribution in [0.4, 0.5) is 0 Å². The van der Waals surface area contributed by atoms with Gasteiger partial charge in [0, 0.05) is 24.2 Å². The Hall–Kier alpha value is -2.71. The van der Waals surface area contributed by atoms with E-state index in [2.05, 4.69) is 10.0 Å². The van der Waals surface area contributed by atoms with Gasteiger partial charge in [0.1, 0.15) is 6.04 Å². The van der Waals surface area contributed by atoms with Gasteiger partial charge < -0.3 is 10.2 Å². The number of likely N-dealkylation sites (tertiary alicyclic amines) is 1. The molecule has 188 valence electrons. The molecule has 3 atom stereocenters. The summed E-state index contributed by atoms with van der Waals surface area (Å²) in [5.41, 5.74) is 2.19. The molecule has 7 nitrogen and oxygen atoms in total. The summed E-state index contributed by atoms with van der Waals surface area (Å²) in [5.74, 6) is 0.0872. The first-order chi connectivity index (χ1) is 16.7. The van der Waals surface area contributed by atoms with Crippen molar-refractivity contribution < 1.29 is 18.0 Å². The molecule has 0 aromatic heterocycles. The summed E-state index contributed by atoms with van der Waals surface area (Å²) in [5, 5.41) is 3.02. The van der Waals surface area contributed by atoms with Gasteiger partial charge in [0.15, 0.2) is 0 Å². The van der Waals surface area contributed by atoms with Crippen molar-refractivity contribution in [3.05, 3.63) is 71.3 Å². The highest BCUT2D eigenvalue weighted by molar-refractivity contribution is 7.88. The minimum Gasteiger partial charge on any atom is -0.350 e. The Morgan fingerprint density at radius 2 is 1.63 bits per heavy atom. The van der Waals surface area contributed by atoms with Gasteiger partial charge in [0.05, 0.1) is 5.75 Å². The molecule has 0 bridgehead atoms. The molecule has 2 aromatic rings. The number of sulfonamides is 1. The van der Waals surface area contributed by atoms with Crippen LogP contribution in [-0.2, 0) is 27.1 Å². The third-order valence-electron chi connectivity index (χ3n) is 6.91. The summed E-state index contributed by atoms with van der Waals surface area (Å²) in [6.07, 6.45) is 4.95. The molecule has 3 unspecified atom stereocenters. The Labute approximate surface area is 208 Å².